The van der Waals surface area contributed by atoms with E-state index >= 15 is 0 Å². The molecule has 15 heavy (non-hydrogen) atoms. The van der Waals surface area contributed by atoms with Crippen molar-refractivity contribution >= 4 is 32.7 Å². The smallest absolute Gasteiger partial charge is 0.238 e. The van der Waals surface area contributed by atoms with Gasteiger partial charge in [0, 0.05) is 55.2 Å². The van der Waals surface area contributed by atoms with Gasteiger partial charge in [-0.2, -0.15) is 11.5 Å². The molecule has 2 rings (SSSR count). The second kappa shape index (κ2) is 6.17. The molecule has 0 saturated carbocycles. The summed E-state index contributed by atoms with van der Waals surface area (Å²) in [6.45, 7) is 0. The molecule has 3 N–H and O–H groups in total. The molecule has 1 amide bonds. The minimum absolute atomic E-state index is 0. The van der Waals surface area contributed by atoms with Crippen molar-refractivity contribution in [3.63, 3.8) is 0 Å². The van der Waals surface area contributed by atoms with E-state index in [-0.39, 0.29) is 49.7 Å². The van der Waals surface area contributed by atoms with Gasteiger partial charge in [0.15, 0.2) is 0 Å². The summed E-state index contributed by atoms with van der Waals surface area (Å²) < 4.78 is 0.824. The van der Waals surface area contributed by atoms with Crippen molar-refractivity contribution in [3.8, 4) is 0 Å². The topological polar surface area (TPSA) is 58.9 Å². The first kappa shape index (κ1) is 15.3. The Bertz CT molecular complexity index is 486. The number of hydrogen-bond acceptors (Lipinski definition) is 1. The zero-order valence-corrected chi connectivity index (χ0v) is 14.7. The number of primary amides is 1. The summed E-state index contributed by atoms with van der Waals surface area (Å²) in [5, 5.41) is 0.850. The number of hydrogen-bond donors (Lipinski definition) is 2. The fourth-order valence-electron chi connectivity index (χ4n) is 1.26. The van der Waals surface area contributed by atoms with Gasteiger partial charge in [0.05, 0.1) is 0 Å². The summed E-state index contributed by atoms with van der Waals surface area (Å²) in [7, 11) is 0. The molecule has 0 bridgehead atoms. The number of benzene rings is 1. The van der Waals surface area contributed by atoms with Crippen molar-refractivity contribution in [3.05, 3.63) is 34.4 Å². The van der Waals surface area contributed by atoms with E-state index in [0.29, 0.717) is 5.56 Å². The van der Waals surface area contributed by atoms with Crippen molar-refractivity contribution < 1.29 is 54.5 Å². The summed E-state index contributed by atoms with van der Waals surface area (Å²) in [4.78, 5) is 14.0. The van der Waals surface area contributed by atoms with Crippen LogP contribution >= 0.6 is 15.9 Å². The Labute approximate surface area is 131 Å². The quantitative estimate of drug-likeness (QED) is 0.547. The third-order valence-corrected chi connectivity index (χ3v) is 2.27. The normalized spacial score (nSPS) is 9.13. The number of aromatic nitrogens is 1. The Balaban J connectivity index is 0.000000980. The van der Waals surface area contributed by atoms with E-state index in [4.69, 9.17) is 5.73 Å². The minimum Gasteiger partial charge on any atom is -0.423 e. The summed E-state index contributed by atoms with van der Waals surface area (Å²) in [5.41, 5.74) is 6.42. The molecule has 75 valence electrons. The number of carbonyl (C=O) groups is 1. The molecule has 0 spiro atoms. The number of amides is 1. The SMILES string of the molecule is NC(=O)c1cc(Br)cc2[c-]c[nH]c12.[U].[V]. The van der Waals surface area contributed by atoms with Gasteiger partial charge >= 0.3 is 0 Å². The number of halogens is 1. The molecular formula is C9H6BrN2OUV-. The monoisotopic (exact) mass is 526 g/mol. The molecule has 1 radical (unpaired) electrons. The first-order chi connectivity index (χ1) is 6.18. The maximum absolute atomic E-state index is 11.0. The van der Waals surface area contributed by atoms with Crippen molar-refractivity contribution in [2.45, 2.75) is 0 Å². The zero-order chi connectivity index (χ0) is 9.42. The molecule has 1 aromatic carbocycles. The molecule has 0 aliphatic rings. The van der Waals surface area contributed by atoms with Crippen LogP contribution in [0.25, 0.3) is 10.9 Å². The molecule has 0 aliphatic carbocycles. The number of nitrogens with two attached hydrogens (primary N) is 1. The number of carbonyl (C=O) groups excluding carboxylic acids is 1. The van der Waals surface area contributed by atoms with Crippen LogP contribution in [0.2, 0.25) is 0 Å². The number of H-pyrrole nitrogens is 1. The van der Waals surface area contributed by atoms with E-state index < -0.39 is 5.91 Å². The van der Waals surface area contributed by atoms with E-state index in [1.165, 1.54) is 0 Å². The van der Waals surface area contributed by atoms with Gasteiger partial charge in [0.1, 0.15) is 0 Å². The Morgan fingerprint density at radius 1 is 1.47 bits per heavy atom. The molecule has 3 nitrogen and oxygen atoms in total. The minimum atomic E-state index is -0.442. The Morgan fingerprint density at radius 2 is 2.13 bits per heavy atom. The maximum atomic E-state index is 11.0. The molecule has 0 fully saturated rings. The third kappa shape index (κ3) is 3.15. The zero-order valence-electron chi connectivity index (χ0n) is 7.54. The van der Waals surface area contributed by atoms with Gasteiger partial charge in [-0.05, 0) is 4.47 Å². The van der Waals surface area contributed by atoms with Gasteiger partial charge in [-0.3, -0.25) is 4.79 Å². The van der Waals surface area contributed by atoms with Gasteiger partial charge in [-0.1, -0.05) is 33.7 Å². The number of nitrogens with one attached hydrogen (secondary N) is 1. The van der Waals surface area contributed by atoms with Gasteiger partial charge in [0.25, 0.3) is 0 Å². The van der Waals surface area contributed by atoms with Crippen LogP contribution < -0.4 is 5.73 Å². The van der Waals surface area contributed by atoms with Crippen LogP contribution in [0.1, 0.15) is 10.4 Å². The standard InChI is InChI=1S/C9H6BrN2O.U.V/c10-6-3-5-1-2-12-8(5)7(4-6)9(11)13;;/h2-4,12H,(H2,11,13);;/q-1;;. The second-order valence-electron chi connectivity index (χ2n) is 2.67. The fourth-order valence-corrected chi connectivity index (χ4v) is 1.71. The number of aromatic amines is 1. The average molecular weight is 527 g/mol. The molecule has 0 unspecified atom stereocenters. The van der Waals surface area contributed by atoms with Crippen molar-refractivity contribution in [2.75, 3.05) is 0 Å². The van der Waals surface area contributed by atoms with Crippen LogP contribution in [0.4, 0.5) is 0 Å². The molecule has 0 saturated heterocycles. The van der Waals surface area contributed by atoms with E-state index in [2.05, 4.69) is 27.0 Å². The van der Waals surface area contributed by atoms with Gasteiger partial charge in [0.2, 0.25) is 5.91 Å². The van der Waals surface area contributed by atoms with Crippen molar-refractivity contribution in [1.82, 2.24) is 4.98 Å². The van der Waals surface area contributed by atoms with E-state index in [1.54, 1.807) is 12.3 Å². The van der Waals surface area contributed by atoms with Crippen molar-refractivity contribution in [1.29, 1.82) is 0 Å². The van der Waals surface area contributed by atoms with E-state index in [0.717, 1.165) is 15.4 Å². The Kier molecular flexibility index (Phi) is 6.32. The van der Waals surface area contributed by atoms with Crippen LogP contribution in [0, 0.1) is 37.2 Å². The fraction of sp³-hybridized carbons (Fsp3) is 0. The first-order valence-electron chi connectivity index (χ1n) is 3.66. The van der Waals surface area contributed by atoms with E-state index in [9.17, 15) is 4.79 Å². The molecule has 2 aromatic rings. The van der Waals surface area contributed by atoms with Gasteiger partial charge in [-0.25, -0.2) is 0 Å². The van der Waals surface area contributed by atoms with Crippen LogP contribution in [0.5, 0.6) is 0 Å². The molecular weight excluding hydrogens is 521 g/mol. The van der Waals surface area contributed by atoms with Crippen molar-refractivity contribution in [2.24, 2.45) is 5.73 Å². The summed E-state index contributed by atoms with van der Waals surface area (Å²) in [6, 6.07) is 6.53. The van der Waals surface area contributed by atoms with Crippen LogP contribution in [-0.4, -0.2) is 10.9 Å². The van der Waals surface area contributed by atoms with Crippen LogP contribution in [0.3, 0.4) is 0 Å². The molecule has 6 heteroatoms. The summed E-state index contributed by atoms with van der Waals surface area (Å²) in [5.74, 6) is -0.442. The van der Waals surface area contributed by atoms with Crippen LogP contribution in [0.15, 0.2) is 22.8 Å². The summed E-state index contributed by atoms with van der Waals surface area (Å²) in [6.07, 6.45) is 1.66. The van der Waals surface area contributed by atoms with Gasteiger partial charge < -0.3 is 10.7 Å². The van der Waals surface area contributed by atoms with Gasteiger partial charge in [-0.15, -0.1) is 6.07 Å². The predicted octanol–water partition coefficient (Wildman–Crippen LogP) is 1.83. The average Bonchev–Trinajstić information content (AvgIpc) is 2.49. The summed E-state index contributed by atoms with van der Waals surface area (Å²) >= 11 is 3.29. The predicted molar refractivity (Wildman–Crippen MR) is 53.4 cm³/mol. The van der Waals surface area contributed by atoms with E-state index in [1.807, 2.05) is 6.07 Å². The molecule has 0 aliphatic heterocycles. The molecule has 1 heterocycles. The Hall–Kier alpha value is 0.346. The largest absolute Gasteiger partial charge is 0.423 e. The third-order valence-electron chi connectivity index (χ3n) is 1.81. The number of fused-ring (bicyclic) bond motifs is 1. The van der Waals surface area contributed by atoms with Crippen LogP contribution in [-0.2, 0) is 18.6 Å². The maximum Gasteiger partial charge on any atom is 0.238 e. The molecule has 0 atom stereocenters. The number of rotatable bonds is 1. The Morgan fingerprint density at radius 3 is 2.73 bits per heavy atom. The first-order valence-corrected chi connectivity index (χ1v) is 4.46. The second-order valence-corrected chi connectivity index (χ2v) is 3.59. The molecule has 1 aromatic heterocycles.